The van der Waals surface area contributed by atoms with Crippen molar-refractivity contribution < 1.29 is 4.74 Å². The molecule has 3 heteroatoms. The fraction of sp³-hybridized carbons (Fsp3) is 1.00. The van der Waals surface area contributed by atoms with Gasteiger partial charge in [0.1, 0.15) is 0 Å². The molecule has 2 rings (SSSR count). The first-order valence-electron chi connectivity index (χ1n) is 6.17. The summed E-state index contributed by atoms with van der Waals surface area (Å²) in [4.78, 5) is 2.66. The number of nitrogens with zero attached hydrogens (tertiary/aromatic N) is 1. The Hall–Kier alpha value is 0.400. The average Bonchev–Trinajstić information content (AvgIpc) is 2.24. The van der Waals surface area contributed by atoms with Crippen LogP contribution in [0.15, 0.2) is 0 Å². The maximum atomic E-state index is 5.55. The zero-order chi connectivity index (χ0) is 10.7. The van der Waals surface area contributed by atoms with Crippen LogP contribution in [0.3, 0.4) is 0 Å². The van der Waals surface area contributed by atoms with Crippen molar-refractivity contribution >= 4 is 15.9 Å². The standard InChI is InChI=1S/C12H22BrNO/c1-2-11-8-15-7-6-14(11)10-12(9-13)4-3-5-12/h11H,2-10H2,1H3. The number of hydrogen-bond acceptors (Lipinski definition) is 2. The summed E-state index contributed by atoms with van der Waals surface area (Å²) in [5, 5.41) is 1.17. The summed E-state index contributed by atoms with van der Waals surface area (Å²) in [6.45, 7) is 6.55. The lowest BCUT2D eigenvalue weighted by molar-refractivity contribution is -0.0373. The van der Waals surface area contributed by atoms with E-state index in [1.165, 1.54) is 37.6 Å². The van der Waals surface area contributed by atoms with Crippen LogP contribution >= 0.6 is 15.9 Å². The number of ether oxygens (including phenoxy) is 1. The molecule has 0 aromatic carbocycles. The topological polar surface area (TPSA) is 12.5 Å². The van der Waals surface area contributed by atoms with Gasteiger partial charge >= 0.3 is 0 Å². The Bertz CT molecular complexity index is 200. The van der Waals surface area contributed by atoms with Crippen molar-refractivity contribution in [2.75, 3.05) is 31.6 Å². The number of morpholine rings is 1. The first kappa shape index (κ1) is 11.9. The number of hydrogen-bond donors (Lipinski definition) is 0. The molecule has 0 spiro atoms. The third-order valence-corrected chi connectivity index (χ3v) is 5.25. The van der Waals surface area contributed by atoms with E-state index in [4.69, 9.17) is 4.74 Å². The summed E-state index contributed by atoms with van der Waals surface area (Å²) in [7, 11) is 0. The van der Waals surface area contributed by atoms with E-state index in [2.05, 4.69) is 27.8 Å². The average molecular weight is 276 g/mol. The van der Waals surface area contributed by atoms with E-state index in [1.54, 1.807) is 0 Å². The van der Waals surface area contributed by atoms with E-state index in [0.29, 0.717) is 11.5 Å². The van der Waals surface area contributed by atoms with Crippen LogP contribution in [0.5, 0.6) is 0 Å². The van der Waals surface area contributed by atoms with Gasteiger partial charge in [0, 0.05) is 24.5 Å². The molecule has 1 atom stereocenters. The van der Waals surface area contributed by atoms with Crippen molar-refractivity contribution in [3.63, 3.8) is 0 Å². The number of alkyl halides is 1. The monoisotopic (exact) mass is 275 g/mol. The van der Waals surface area contributed by atoms with E-state index >= 15 is 0 Å². The minimum atomic E-state index is 0.588. The fourth-order valence-electron chi connectivity index (χ4n) is 2.71. The van der Waals surface area contributed by atoms with Crippen molar-refractivity contribution in [1.29, 1.82) is 0 Å². The van der Waals surface area contributed by atoms with Gasteiger partial charge in [0.15, 0.2) is 0 Å². The molecule has 1 aliphatic carbocycles. The third-order valence-electron chi connectivity index (χ3n) is 4.06. The van der Waals surface area contributed by atoms with Gasteiger partial charge in [-0.3, -0.25) is 4.90 Å². The van der Waals surface area contributed by atoms with Crippen molar-refractivity contribution in [2.24, 2.45) is 5.41 Å². The molecule has 0 amide bonds. The molecule has 0 aromatic heterocycles. The number of halogens is 1. The van der Waals surface area contributed by atoms with Crippen LogP contribution in [-0.2, 0) is 4.74 Å². The minimum absolute atomic E-state index is 0.588. The molecule has 0 bridgehead atoms. The molecule has 1 heterocycles. The van der Waals surface area contributed by atoms with Crippen LogP contribution in [0.1, 0.15) is 32.6 Å². The van der Waals surface area contributed by atoms with Gasteiger partial charge in [-0.15, -0.1) is 0 Å². The largest absolute Gasteiger partial charge is 0.378 e. The van der Waals surface area contributed by atoms with Crippen LogP contribution in [0.2, 0.25) is 0 Å². The number of rotatable bonds is 4. The molecule has 0 radical (unpaired) electrons. The zero-order valence-corrected chi connectivity index (χ0v) is 11.3. The molecule has 1 saturated heterocycles. The second-order valence-corrected chi connectivity index (χ2v) is 5.66. The molecule has 0 aromatic rings. The molecule has 2 nitrogen and oxygen atoms in total. The second kappa shape index (κ2) is 5.15. The summed E-state index contributed by atoms with van der Waals surface area (Å²) in [5.74, 6) is 0. The fourth-order valence-corrected chi connectivity index (χ4v) is 3.45. The van der Waals surface area contributed by atoms with Gasteiger partial charge in [-0.25, -0.2) is 0 Å². The molecule has 2 aliphatic rings. The predicted molar refractivity (Wildman–Crippen MR) is 66.5 cm³/mol. The Kier molecular flexibility index (Phi) is 4.08. The Morgan fingerprint density at radius 2 is 2.27 bits per heavy atom. The van der Waals surface area contributed by atoms with Gasteiger partial charge in [0.2, 0.25) is 0 Å². The summed E-state index contributed by atoms with van der Waals surface area (Å²) in [6, 6.07) is 0.662. The van der Waals surface area contributed by atoms with Gasteiger partial charge < -0.3 is 4.74 Å². The second-order valence-electron chi connectivity index (χ2n) is 5.09. The van der Waals surface area contributed by atoms with Crippen molar-refractivity contribution in [3.05, 3.63) is 0 Å². The highest BCUT2D eigenvalue weighted by molar-refractivity contribution is 9.09. The summed E-state index contributed by atoms with van der Waals surface area (Å²) < 4.78 is 5.55. The van der Waals surface area contributed by atoms with Gasteiger partial charge in [-0.1, -0.05) is 29.3 Å². The lowest BCUT2D eigenvalue weighted by Crippen LogP contribution is -2.52. The Morgan fingerprint density at radius 1 is 1.47 bits per heavy atom. The SMILES string of the molecule is CCC1COCCN1CC1(CBr)CCC1. The van der Waals surface area contributed by atoms with Crippen molar-refractivity contribution in [3.8, 4) is 0 Å². The molecule has 0 N–H and O–H groups in total. The molecular weight excluding hydrogens is 254 g/mol. The van der Waals surface area contributed by atoms with Crippen molar-refractivity contribution in [2.45, 2.75) is 38.6 Å². The third kappa shape index (κ3) is 2.56. The summed E-state index contributed by atoms with van der Waals surface area (Å²) in [5.41, 5.74) is 0.588. The molecule has 15 heavy (non-hydrogen) atoms. The molecular formula is C12H22BrNO. The van der Waals surface area contributed by atoms with E-state index in [1.807, 2.05) is 0 Å². The molecule has 1 aliphatic heterocycles. The first-order valence-corrected chi connectivity index (χ1v) is 7.29. The van der Waals surface area contributed by atoms with Gasteiger partial charge in [0.05, 0.1) is 13.2 Å². The van der Waals surface area contributed by atoms with Crippen molar-refractivity contribution in [1.82, 2.24) is 4.90 Å². The first-order chi connectivity index (χ1) is 7.29. The predicted octanol–water partition coefficient (Wildman–Crippen LogP) is 2.66. The smallest absolute Gasteiger partial charge is 0.0622 e. The van der Waals surface area contributed by atoms with E-state index in [-0.39, 0.29) is 0 Å². The normalized spacial score (nSPS) is 31.2. The molecule has 88 valence electrons. The van der Waals surface area contributed by atoms with E-state index in [0.717, 1.165) is 19.8 Å². The zero-order valence-electron chi connectivity index (χ0n) is 9.67. The quantitative estimate of drug-likeness (QED) is 0.732. The summed E-state index contributed by atoms with van der Waals surface area (Å²) in [6.07, 6.45) is 5.46. The highest BCUT2D eigenvalue weighted by atomic mass is 79.9. The van der Waals surface area contributed by atoms with Gasteiger partial charge in [-0.05, 0) is 24.7 Å². The highest BCUT2D eigenvalue weighted by Crippen LogP contribution is 2.43. The summed E-state index contributed by atoms with van der Waals surface area (Å²) >= 11 is 3.69. The Morgan fingerprint density at radius 3 is 2.80 bits per heavy atom. The Labute approximate surface area is 101 Å². The molecule has 2 fully saturated rings. The Balaban J connectivity index is 1.90. The van der Waals surface area contributed by atoms with Gasteiger partial charge in [-0.2, -0.15) is 0 Å². The minimum Gasteiger partial charge on any atom is -0.378 e. The lowest BCUT2D eigenvalue weighted by Gasteiger charge is -2.47. The molecule has 1 unspecified atom stereocenters. The molecule has 1 saturated carbocycles. The van der Waals surface area contributed by atoms with Crippen LogP contribution in [0.25, 0.3) is 0 Å². The lowest BCUT2D eigenvalue weighted by atomic mass is 9.70. The maximum Gasteiger partial charge on any atom is 0.0622 e. The van der Waals surface area contributed by atoms with E-state index in [9.17, 15) is 0 Å². The van der Waals surface area contributed by atoms with Crippen LogP contribution in [0.4, 0.5) is 0 Å². The van der Waals surface area contributed by atoms with Crippen LogP contribution in [0, 0.1) is 5.41 Å². The van der Waals surface area contributed by atoms with Crippen LogP contribution < -0.4 is 0 Å². The van der Waals surface area contributed by atoms with Gasteiger partial charge in [0.25, 0.3) is 0 Å². The maximum absolute atomic E-state index is 5.55. The highest BCUT2D eigenvalue weighted by Gasteiger charge is 2.39. The van der Waals surface area contributed by atoms with E-state index < -0.39 is 0 Å². The van der Waals surface area contributed by atoms with Crippen LogP contribution in [-0.4, -0.2) is 42.6 Å².